The number of aryl methyl sites for hydroxylation is 1. The maximum atomic E-state index is 8.27. The normalized spacial score (nSPS) is 15.1. The molecule has 2 aromatic carbocycles. The van der Waals surface area contributed by atoms with E-state index in [0.29, 0.717) is 5.36 Å². The van der Waals surface area contributed by atoms with Gasteiger partial charge >= 0.3 is 0 Å². The molecule has 0 spiro atoms. The van der Waals surface area contributed by atoms with Crippen LogP contribution in [0, 0.1) is 5.41 Å². The zero-order valence-electron chi connectivity index (χ0n) is 19.6. The molecule has 4 nitrogen and oxygen atoms in total. The number of benzene rings is 3. The Kier molecular flexibility index (Phi) is 4.45. The Morgan fingerprint density at radius 2 is 1.62 bits per heavy atom. The van der Waals surface area contributed by atoms with Gasteiger partial charge in [-0.3, -0.25) is 0 Å². The van der Waals surface area contributed by atoms with Gasteiger partial charge in [0.1, 0.15) is 5.75 Å². The zero-order valence-corrected chi connectivity index (χ0v) is 19.6. The van der Waals surface area contributed by atoms with Gasteiger partial charge in [0.15, 0.2) is 0 Å². The highest BCUT2D eigenvalue weighted by Crippen LogP contribution is 2.47. The number of anilines is 1. The summed E-state index contributed by atoms with van der Waals surface area (Å²) in [5, 5.41) is 10.0. The Balaban J connectivity index is 1.97. The van der Waals surface area contributed by atoms with Crippen molar-refractivity contribution in [2.24, 2.45) is 7.05 Å². The second kappa shape index (κ2) is 6.99. The first-order valence-corrected chi connectivity index (χ1v) is 10.9. The van der Waals surface area contributed by atoms with E-state index in [2.05, 4.69) is 80.7 Å². The maximum Gasteiger partial charge on any atom is 0.118 e. The van der Waals surface area contributed by atoms with E-state index in [4.69, 9.17) is 10.1 Å². The maximum absolute atomic E-state index is 8.27. The lowest BCUT2D eigenvalue weighted by atomic mass is 9.85. The average molecular weight is 424 g/mol. The molecule has 32 heavy (non-hydrogen) atoms. The van der Waals surface area contributed by atoms with Crippen LogP contribution in [-0.2, 0) is 7.05 Å². The predicted octanol–water partition coefficient (Wildman–Crippen LogP) is 6.07. The summed E-state index contributed by atoms with van der Waals surface area (Å²) in [7, 11) is 5.98. The van der Waals surface area contributed by atoms with Gasteiger partial charge in [0.25, 0.3) is 0 Å². The minimum absolute atomic E-state index is 0.0483. The molecule has 1 N–H and O–H groups in total. The van der Waals surface area contributed by atoms with Crippen molar-refractivity contribution in [2.75, 3.05) is 19.1 Å². The Hall–Kier alpha value is -3.53. The minimum atomic E-state index is -0.0483. The van der Waals surface area contributed by atoms with Gasteiger partial charge in [-0.05, 0) is 62.2 Å². The second-order valence-corrected chi connectivity index (χ2v) is 9.29. The Labute approximate surface area is 189 Å². The van der Waals surface area contributed by atoms with Crippen LogP contribution in [0.2, 0.25) is 0 Å². The van der Waals surface area contributed by atoms with Crippen LogP contribution in [0.4, 0.5) is 5.69 Å². The summed E-state index contributed by atoms with van der Waals surface area (Å²) in [5.74, 6) is 0.845. The first-order valence-electron chi connectivity index (χ1n) is 10.9. The largest absolute Gasteiger partial charge is 0.497 e. The van der Waals surface area contributed by atoms with Crippen molar-refractivity contribution < 1.29 is 4.74 Å². The molecule has 0 unspecified atom stereocenters. The molecule has 0 bridgehead atoms. The number of fused-ring (bicyclic) bond motifs is 4. The SMILES string of the molecule is COc1ccc(-c2c3ccc(=N)cc-3n(C)c3c4c(ccc23)N(C)C(C)(C)C=C4C)cc1. The van der Waals surface area contributed by atoms with Crippen LogP contribution in [0.3, 0.4) is 0 Å². The molecular weight excluding hydrogens is 394 g/mol. The zero-order chi connectivity index (χ0) is 22.8. The van der Waals surface area contributed by atoms with E-state index in [1.54, 1.807) is 7.11 Å². The lowest BCUT2D eigenvalue weighted by Gasteiger charge is -2.41. The molecule has 0 radical (unpaired) electrons. The molecule has 4 heteroatoms. The molecule has 162 valence electrons. The van der Waals surface area contributed by atoms with Crippen molar-refractivity contribution in [2.45, 2.75) is 26.3 Å². The van der Waals surface area contributed by atoms with E-state index in [1.165, 1.54) is 33.3 Å². The lowest BCUT2D eigenvalue weighted by Crippen LogP contribution is -2.42. The van der Waals surface area contributed by atoms with Crippen molar-refractivity contribution in [3.63, 3.8) is 0 Å². The molecule has 2 heterocycles. The van der Waals surface area contributed by atoms with Gasteiger partial charge in [0, 0.05) is 41.9 Å². The van der Waals surface area contributed by atoms with Crippen molar-refractivity contribution in [1.82, 2.24) is 4.57 Å². The molecule has 0 fully saturated rings. The van der Waals surface area contributed by atoms with E-state index >= 15 is 0 Å². The molecule has 0 saturated heterocycles. The van der Waals surface area contributed by atoms with Gasteiger partial charge in [-0.25, -0.2) is 0 Å². The average Bonchev–Trinajstić information content (AvgIpc) is 2.77. The highest BCUT2D eigenvalue weighted by atomic mass is 16.5. The molecule has 0 amide bonds. The van der Waals surface area contributed by atoms with Gasteiger partial charge < -0.3 is 19.6 Å². The highest BCUT2D eigenvalue weighted by Gasteiger charge is 2.31. The van der Waals surface area contributed by atoms with Crippen molar-refractivity contribution >= 4 is 22.2 Å². The number of nitrogens with one attached hydrogen (secondary N) is 1. The lowest BCUT2D eigenvalue weighted by molar-refractivity contribution is 0.415. The van der Waals surface area contributed by atoms with Gasteiger partial charge in [0.2, 0.25) is 0 Å². The van der Waals surface area contributed by atoms with E-state index in [1.807, 2.05) is 24.3 Å². The summed E-state index contributed by atoms with van der Waals surface area (Å²) in [6, 6.07) is 18.7. The second-order valence-electron chi connectivity index (χ2n) is 9.29. The minimum Gasteiger partial charge on any atom is -0.497 e. The number of ether oxygens (including phenoxy) is 1. The fourth-order valence-corrected chi connectivity index (χ4v) is 5.16. The molecular formula is C28H29N3O. The number of pyridine rings is 1. The van der Waals surface area contributed by atoms with Crippen molar-refractivity contribution in [3.8, 4) is 28.1 Å². The van der Waals surface area contributed by atoms with Crippen molar-refractivity contribution in [3.05, 3.63) is 71.6 Å². The summed E-state index contributed by atoms with van der Waals surface area (Å²) in [6.07, 6.45) is 2.35. The third kappa shape index (κ3) is 2.86. The van der Waals surface area contributed by atoms with Crippen LogP contribution in [0.15, 0.2) is 60.7 Å². The van der Waals surface area contributed by atoms with Crippen LogP contribution >= 0.6 is 0 Å². The molecule has 2 aliphatic heterocycles. The van der Waals surface area contributed by atoms with Gasteiger partial charge in [-0.1, -0.05) is 30.3 Å². The molecule has 0 atom stereocenters. The fourth-order valence-electron chi connectivity index (χ4n) is 5.16. The number of allylic oxidation sites excluding steroid dienone is 1. The molecule has 0 aromatic heterocycles. The predicted molar refractivity (Wildman–Crippen MR) is 134 cm³/mol. The molecule has 3 aliphatic rings. The number of rotatable bonds is 2. The molecule has 0 saturated carbocycles. The smallest absolute Gasteiger partial charge is 0.118 e. The number of hydrogen-bond donors (Lipinski definition) is 1. The third-order valence-electron chi connectivity index (χ3n) is 6.96. The van der Waals surface area contributed by atoms with Crippen LogP contribution in [-0.4, -0.2) is 24.3 Å². The summed E-state index contributed by atoms with van der Waals surface area (Å²) in [4.78, 5) is 2.35. The summed E-state index contributed by atoms with van der Waals surface area (Å²) < 4.78 is 7.65. The van der Waals surface area contributed by atoms with Crippen LogP contribution in [0.25, 0.3) is 38.9 Å². The highest BCUT2D eigenvalue weighted by molar-refractivity contribution is 6.09. The molecule has 2 aromatic rings. The van der Waals surface area contributed by atoms with Crippen LogP contribution in [0.1, 0.15) is 26.3 Å². The summed E-state index contributed by atoms with van der Waals surface area (Å²) in [5.41, 5.74) is 9.47. The number of aromatic nitrogens is 1. The summed E-state index contributed by atoms with van der Waals surface area (Å²) >= 11 is 0. The third-order valence-corrected chi connectivity index (χ3v) is 6.96. The van der Waals surface area contributed by atoms with Gasteiger partial charge in [0.05, 0.1) is 29.2 Å². The van der Waals surface area contributed by atoms with Crippen LogP contribution < -0.4 is 15.0 Å². The number of hydrogen-bond acceptors (Lipinski definition) is 3. The molecule has 5 rings (SSSR count). The Bertz CT molecular complexity index is 1420. The fraction of sp³-hybridized carbons (Fsp3) is 0.250. The van der Waals surface area contributed by atoms with Gasteiger partial charge in [-0.2, -0.15) is 0 Å². The molecule has 1 aliphatic carbocycles. The van der Waals surface area contributed by atoms with E-state index in [9.17, 15) is 0 Å². The number of nitrogens with zero attached hydrogens (tertiary/aromatic N) is 2. The standard InChI is InChI=1S/C28H29N3O/c1-17-16-28(2,3)31(5)23-14-13-22-26(18-7-10-20(32-6)11-8-18)21-12-9-19(29)15-24(21)30(4)27(22)25(17)23/h7-16,29H,1-6H3. The Morgan fingerprint density at radius 3 is 2.31 bits per heavy atom. The Morgan fingerprint density at radius 1 is 0.906 bits per heavy atom. The first kappa shape index (κ1) is 20.4. The first-order chi connectivity index (χ1) is 15.2. The van der Waals surface area contributed by atoms with E-state index in [-0.39, 0.29) is 5.54 Å². The number of methoxy groups -OCH3 is 1. The quantitative estimate of drug-likeness (QED) is 0.398. The number of likely N-dealkylation sites (N-methyl/N-ethyl adjacent to an activating group) is 1. The van der Waals surface area contributed by atoms with Gasteiger partial charge in [-0.15, -0.1) is 0 Å². The monoisotopic (exact) mass is 423 g/mol. The topological polar surface area (TPSA) is 41.2 Å². The van der Waals surface area contributed by atoms with Crippen LogP contribution in [0.5, 0.6) is 5.75 Å². The van der Waals surface area contributed by atoms with Crippen molar-refractivity contribution in [1.29, 1.82) is 5.41 Å². The van der Waals surface area contributed by atoms with E-state index in [0.717, 1.165) is 22.6 Å². The van der Waals surface area contributed by atoms with E-state index < -0.39 is 0 Å². The summed E-state index contributed by atoms with van der Waals surface area (Å²) in [6.45, 7) is 6.71.